The van der Waals surface area contributed by atoms with Crippen molar-refractivity contribution in [1.82, 2.24) is 14.7 Å². The van der Waals surface area contributed by atoms with Crippen LogP contribution < -0.4 is 0 Å². The molecule has 6 nitrogen and oxygen atoms in total. The average molecular weight is 378 g/mol. The number of carboxylic acids is 1. The van der Waals surface area contributed by atoms with Crippen LogP contribution in [0.25, 0.3) is 5.69 Å². The van der Waals surface area contributed by atoms with Crippen molar-refractivity contribution >= 4 is 27.8 Å². The average Bonchev–Trinajstić information content (AvgIpc) is 3.14. The van der Waals surface area contributed by atoms with E-state index in [2.05, 4.69) is 21.0 Å². The quantitative estimate of drug-likeness (QED) is 0.891. The van der Waals surface area contributed by atoms with Crippen molar-refractivity contribution in [1.29, 1.82) is 0 Å². The summed E-state index contributed by atoms with van der Waals surface area (Å²) in [5, 5.41) is 13.5. The molecule has 2 heterocycles. The molecule has 0 bridgehead atoms. The summed E-state index contributed by atoms with van der Waals surface area (Å²) in [6, 6.07) is 7.60. The Morgan fingerprint density at radius 1 is 1.39 bits per heavy atom. The fourth-order valence-corrected chi connectivity index (χ4v) is 3.07. The molecule has 3 rings (SSSR count). The van der Waals surface area contributed by atoms with Crippen molar-refractivity contribution in [2.45, 2.75) is 13.3 Å². The van der Waals surface area contributed by atoms with Crippen molar-refractivity contribution in [3.63, 3.8) is 0 Å². The second-order valence-electron chi connectivity index (χ2n) is 6.00. The van der Waals surface area contributed by atoms with Gasteiger partial charge in [0.1, 0.15) is 0 Å². The number of benzene rings is 1. The summed E-state index contributed by atoms with van der Waals surface area (Å²) in [5.74, 6) is -1.05. The Hall–Kier alpha value is -2.15. The number of hydrogen-bond donors (Lipinski definition) is 1. The fraction of sp³-hybridized carbons (Fsp3) is 0.312. The summed E-state index contributed by atoms with van der Waals surface area (Å²) in [7, 11) is 0. The number of carbonyl (C=O) groups is 2. The van der Waals surface area contributed by atoms with Crippen molar-refractivity contribution in [3.05, 3.63) is 46.7 Å². The highest BCUT2D eigenvalue weighted by molar-refractivity contribution is 9.10. The van der Waals surface area contributed by atoms with Gasteiger partial charge >= 0.3 is 5.97 Å². The predicted molar refractivity (Wildman–Crippen MR) is 87.5 cm³/mol. The third kappa shape index (κ3) is 3.01. The van der Waals surface area contributed by atoms with Crippen LogP contribution in [0, 0.1) is 5.41 Å². The lowest BCUT2D eigenvalue weighted by Crippen LogP contribution is -2.34. The number of nitrogens with zero attached hydrogens (tertiary/aromatic N) is 3. The molecule has 1 aromatic heterocycles. The van der Waals surface area contributed by atoms with Gasteiger partial charge in [-0.1, -0.05) is 22.0 Å². The van der Waals surface area contributed by atoms with E-state index in [-0.39, 0.29) is 12.5 Å². The number of aliphatic carboxylic acids is 1. The first-order chi connectivity index (χ1) is 10.9. The Balaban J connectivity index is 1.79. The van der Waals surface area contributed by atoms with E-state index < -0.39 is 11.4 Å². The molecule has 0 aliphatic carbocycles. The highest BCUT2D eigenvalue weighted by Crippen LogP contribution is 2.31. The SMILES string of the molecule is CC1(C(=O)O)CCN(C(=O)c2cnn(-c3cccc(Br)c3)c2)C1. The summed E-state index contributed by atoms with van der Waals surface area (Å²) in [6.45, 7) is 2.35. The highest BCUT2D eigenvalue weighted by Gasteiger charge is 2.42. The van der Waals surface area contributed by atoms with Gasteiger partial charge in [0.05, 0.1) is 22.9 Å². The molecule has 120 valence electrons. The van der Waals surface area contributed by atoms with Crippen molar-refractivity contribution in [3.8, 4) is 5.69 Å². The second kappa shape index (κ2) is 5.81. The minimum Gasteiger partial charge on any atom is -0.481 e. The van der Waals surface area contributed by atoms with Crippen LogP contribution in [0.4, 0.5) is 0 Å². The first kappa shape index (κ1) is 15.7. The molecule has 1 fully saturated rings. The van der Waals surface area contributed by atoms with Gasteiger partial charge in [0.15, 0.2) is 0 Å². The van der Waals surface area contributed by atoms with Crippen molar-refractivity contribution in [2.24, 2.45) is 5.41 Å². The van der Waals surface area contributed by atoms with E-state index in [1.54, 1.807) is 22.7 Å². The minimum absolute atomic E-state index is 0.184. The van der Waals surface area contributed by atoms with Gasteiger partial charge in [-0.25, -0.2) is 4.68 Å². The smallest absolute Gasteiger partial charge is 0.311 e. The van der Waals surface area contributed by atoms with Crippen LogP contribution in [0.15, 0.2) is 41.1 Å². The second-order valence-corrected chi connectivity index (χ2v) is 6.91. The molecule has 1 atom stereocenters. The van der Waals surface area contributed by atoms with Crippen LogP contribution in [0.2, 0.25) is 0 Å². The van der Waals surface area contributed by atoms with Crippen LogP contribution in [-0.4, -0.2) is 44.8 Å². The zero-order chi connectivity index (χ0) is 16.6. The molecule has 2 aromatic rings. The molecule has 0 spiro atoms. The number of amides is 1. The number of likely N-dealkylation sites (tertiary alicyclic amines) is 1. The number of aromatic nitrogens is 2. The zero-order valence-electron chi connectivity index (χ0n) is 12.6. The van der Waals surface area contributed by atoms with Gasteiger partial charge < -0.3 is 10.0 Å². The number of carbonyl (C=O) groups excluding carboxylic acids is 1. The Kier molecular flexibility index (Phi) is 3.97. The molecule has 1 amide bonds. The Morgan fingerprint density at radius 3 is 2.83 bits per heavy atom. The Bertz CT molecular complexity index is 773. The van der Waals surface area contributed by atoms with E-state index in [0.717, 1.165) is 10.2 Å². The minimum atomic E-state index is -0.865. The summed E-state index contributed by atoms with van der Waals surface area (Å²) in [4.78, 5) is 25.4. The molecule has 7 heteroatoms. The van der Waals surface area contributed by atoms with Crippen molar-refractivity contribution in [2.75, 3.05) is 13.1 Å². The van der Waals surface area contributed by atoms with Gasteiger partial charge in [0.25, 0.3) is 5.91 Å². The van der Waals surface area contributed by atoms with E-state index in [0.29, 0.717) is 18.5 Å². The van der Waals surface area contributed by atoms with Gasteiger partial charge in [-0.3, -0.25) is 9.59 Å². The lowest BCUT2D eigenvalue weighted by Gasteiger charge is -2.19. The summed E-state index contributed by atoms with van der Waals surface area (Å²) >= 11 is 3.40. The summed E-state index contributed by atoms with van der Waals surface area (Å²) < 4.78 is 2.56. The standard InChI is InChI=1S/C16H16BrN3O3/c1-16(15(22)23)5-6-19(10-16)14(21)11-8-18-20(9-11)13-4-2-3-12(17)7-13/h2-4,7-9H,5-6,10H2,1H3,(H,22,23). The number of rotatable bonds is 3. The molecule has 1 unspecified atom stereocenters. The van der Waals surface area contributed by atoms with Crippen LogP contribution in [0.5, 0.6) is 0 Å². The zero-order valence-corrected chi connectivity index (χ0v) is 14.2. The lowest BCUT2D eigenvalue weighted by atomic mass is 9.90. The summed E-state index contributed by atoms with van der Waals surface area (Å²) in [6.07, 6.45) is 3.65. The fourth-order valence-electron chi connectivity index (χ4n) is 2.68. The Morgan fingerprint density at radius 2 is 2.17 bits per heavy atom. The van der Waals surface area contributed by atoms with Gasteiger partial charge in [0, 0.05) is 23.8 Å². The van der Waals surface area contributed by atoms with Gasteiger partial charge in [0.2, 0.25) is 0 Å². The molecule has 1 aliphatic rings. The van der Waals surface area contributed by atoms with E-state index in [4.69, 9.17) is 0 Å². The first-order valence-corrected chi connectivity index (χ1v) is 8.02. The van der Waals surface area contributed by atoms with Gasteiger partial charge in [-0.2, -0.15) is 5.10 Å². The first-order valence-electron chi connectivity index (χ1n) is 7.22. The van der Waals surface area contributed by atoms with E-state index in [1.807, 2.05) is 24.3 Å². The maximum atomic E-state index is 12.5. The van der Waals surface area contributed by atoms with Crippen LogP contribution in [0.3, 0.4) is 0 Å². The van der Waals surface area contributed by atoms with Gasteiger partial charge in [-0.05, 0) is 31.5 Å². The van der Waals surface area contributed by atoms with E-state index in [9.17, 15) is 14.7 Å². The molecule has 1 aliphatic heterocycles. The molecule has 23 heavy (non-hydrogen) atoms. The molecule has 1 N–H and O–H groups in total. The maximum absolute atomic E-state index is 12.5. The highest BCUT2D eigenvalue weighted by atomic mass is 79.9. The van der Waals surface area contributed by atoms with E-state index >= 15 is 0 Å². The normalized spacial score (nSPS) is 20.7. The number of hydrogen-bond acceptors (Lipinski definition) is 3. The molecular weight excluding hydrogens is 362 g/mol. The largest absolute Gasteiger partial charge is 0.481 e. The van der Waals surface area contributed by atoms with Crippen LogP contribution in [0.1, 0.15) is 23.7 Å². The monoisotopic (exact) mass is 377 g/mol. The van der Waals surface area contributed by atoms with Crippen molar-refractivity contribution < 1.29 is 14.7 Å². The Labute approximate surface area is 141 Å². The van der Waals surface area contributed by atoms with E-state index in [1.165, 1.54) is 6.20 Å². The topological polar surface area (TPSA) is 75.4 Å². The maximum Gasteiger partial charge on any atom is 0.311 e. The van der Waals surface area contributed by atoms with Crippen LogP contribution in [-0.2, 0) is 4.79 Å². The third-order valence-electron chi connectivity index (χ3n) is 4.18. The molecule has 0 radical (unpaired) electrons. The number of halogens is 1. The van der Waals surface area contributed by atoms with Crippen LogP contribution >= 0.6 is 15.9 Å². The summed E-state index contributed by atoms with van der Waals surface area (Å²) in [5.41, 5.74) is 0.436. The van der Waals surface area contributed by atoms with Gasteiger partial charge in [-0.15, -0.1) is 0 Å². The molecular formula is C16H16BrN3O3. The predicted octanol–water partition coefficient (Wildman–Crippen LogP) is 2.57. The lowest BCUT2D eigenvalue weighted by molar-refractivity contribution is -0.147. The molecule has 1 saturated heterocycles. The third-order valence-corrected chi connectivity index (χ3v) is 4.67. The number of carboxylic acid groups (broad SMARTS) is 1. The molecule has 0 saturated carbocycles. The molecule has 1 aromatic carbocycles.